The molecule has 1 fully saturated rings. The van der Waals surface area contributed by atoms with Gasteiger partial charge < -0.3 is 4.74 Å². The van der Waals surface area contributed by atoms with Crippen molar-refractivity contribution in [1.82, 2.24) is 4.90 Å². The lowest BCUT2D eigenvalue weighted by Gasteiger charge is -2.17. The van der Waals surface area contributed by atoms with Gasteiger partial charge in [0, 0.05) is 11.8 Å². The van der Waals surface area contributed by atoms with Gasteiger partial charge in [-0.1, -0.05) is 13.8 Å². The predicted molar refractivity (Wildman–Crippen MR) is 51.7 cm³/mol. The molecule has 2 amide bonds. The number of carbonyl (C=O) groups is 3. The highest BCUT2D eigenvalue weighted by Gasteiger charge is 2.48. The third-order valence-corrected chi connectivity index (χ3v) is 2.71. The number of likely N-dealkylation sites (tertiary alicyclic amines) is 1. The van der Waals surface area contributed by atoms with Crippen LogP contribution in [0.3, 0.4) is 0 Å². The maximum absolute atomic E-state index is 13.5. The summed E-state index contributed by atoms with van der Waals surface area (Å²) in [4.78, 5) is 34.5. The van der Waals surface area contributed by atoms with Crippen molar-refractivity contribution in [2.75, 3.05) is 6.61 Å². The van der Waals surface area contributed by atoms with Gasteiger partial charge in [0.25, 0.3) is 6.30 Å². The first-order chi connectivity index (χ1) is 7.41. The van der Waals surface area contributed by atoms with Crippen LogP contribution in [0.25, 0.3) is 0 Å². The molecule has 0 radical (unpaired) electrons. The van der Waals surface area contributed by atoms with Gasteiger partial charge >= 0.3 is 5.97 Å². The molecule has 3 unspecified atom stereocenters. The summed E-state index contributed by atoms with van der Waals surface area (Å²) < 4.78 is 18.0. The fraction of sp³-hybridized carbons (Fsp3) is 0.700. The summed E-state index contributed by atoms with van der Waals surface area (Å²) in [7, 11) is 0. The van der Waals surface area contributed by atoms with Crippen LogP contribution in [-0.2, 0) is 19.1 Å². The molecule has 1 saturated heterocycles. The van der Waals surface area contributed by atoms with E-state index >= 15 is 0 Å². The summed E-state index contributed by atoms with van der Waals surface area (Å²) in [5.41, 5.74) is 0. The Morgan fingerprint density at radius 1 is 1.38 bits per heavy atom. The number of nitrogens with zero attached hydrogens (tertiary/aromatic N) is 1. The largest absolute Gasteiger partial charge is 0.462 e. The lowest BCUT2D eigenvalue weighted by atomic mass is 10.00. The van der Waals surface area contributed by atoms with E-state index in [1.54, 1.807) is 0 Å². The molecule has 0 aromatic heterocycles. The van der Waals surface area contributed by atoms with Crippen LogP contribution in [0.15, 0.2) is 0 Å². The van der Waals surface area contributed by atoms with Crippen LogP contribution in [0.5, 0.6) is 0 Å². The molecule has 0 aliphatic carbocycles. The van der Waals surface area contributed by atoms with Gasteiger partial charge in [-0.25, -0.2) is 14.1 Å². The standard InChI is InChI=1S/C10H14FNO4/c1-4-16-10(15)7(11)12-8(13)5(2)6(3)9(12)14/h5-7H,4H2,1-3H3. The Morgan fingerprint density at radius 2 is 1.81 bits per heavy atom. The second-order valence-corrected chi connectivity index (χ2v) is 3.71. The molecule has 1 heterocycles. The van der Waals surface area contributed by atoms with Crippen molar-refractivity contribution < 1.29 is 23.5 Å². The second kappa shape index (κ2) is 4.59. The number of imide groups is 1. The number of halogens is 1. The van der Waals surface area contributed by atoms with Crippen LogP contribution in [-0.4, -0.2) is 35.6 Å². The Bertz CT molecular complexity index is 311. The van der Waals surface area contributed by atoms with E-state index in [4.69, 9.17) is 0 Å². The highest BCUT2D eigenvalue weighted by atomic mass is 19.1. The normalized spacial score (nSPS) is 27.1. The SMILES string of the molecule is CCOC(=O)C(F)N1C(=O)C(C)C(C)C1=O. The Morgan fingerprint density at radius 3 is 2.19 bits per heavy atom. The summed E-state index contributed by atoms with van der Waals surface area (Å²) in [5, 5.41) is 0. The number of rotatable bonds is 3. The van der Waals surface area contributed by atoms with Crippen molar-refractivity contribution in [3.63, 3.8) is 0 Å². The van der Waals surface area contributed by atoms with Crippen LogP contribution in [0.2, 0.25) is 0 Å². The van der Waals surface area contributed by atoms with Crippen LogP contribution in [0.1, 0.15) is 20.8 Å². The first-order valence-corrected chi connectivity index (χ1v) is 5.09. The minimum absolute atomic E-state index is 0.000577. The van der Waals surface area contributed by atoms with Gasteiger partial charge in [-0.15, -0.1) is 0 Å². The fourth-order valence-electron chi connectivity index (χ4n) is 1.51. The average Bonchev–Trinajstić information content (AvgIpc) is 2.43. The van der Waals surface area contributed by atoms with Gasteiger partial charge in [-0.2, -0.15) is 0 Å². The molecular formula is C10H14FNO4. The van der Waals surface area contributed by atoms with Gasteiger partial charge in [0.1, 0.15) is 0 Å². The molecule has 3 atom stereocenters. The van der Waals surface area contributed by atoms with Crippen molar-refractivity contribution in [3.8, 4) is 0 Å². The molecule has 5 nitrogen and oxygen atoms in total. The van der Waals surface area contributed by atoms with E-state index in [0.717, 1.165) is 0 Å². The molecule has 0 aromatic rings. The summed E-state index contributed by atoms with van der Waals surface area (Å²) in [6.45, 7) is 4.58. The molecule has 0 bridgehead atoms. The monoisotopic (exact) mass is 231 g/mol. The lowest BCUT2D eigenvalue weighted by molar-refractivity contribution is -0.166. The summed E-state index contributed by atoms with van der Waals surface area (Å²) >= 11 is 0. The molecule has 1 aliphatic rings. The number of hydrogen-bond donors (Lipinski definition) is 0. The van der Waals surface area contributed by atoms with Crippen molar-refractivity contribution >= 4 is 17.8 Å². The zero-order valence-corrected chi connectivity index (χ0v) is 9.40. The van der Waals surface area contributed by atoms with Crippen molar-refractivity contribution in [3.05, 3.63) is 0 Å². The van der Waals surface area contributed by atoms with Crippen molar-refractivity contribution in [1.29, 1.82) is 0 Å². The van der Waals surface area contributed by atoms with Gasteiger partial charge in [-0.3, -0.25) is 9.59 Å². The van der Waals surface area contributed by atoms with E-state index in [2.05, 4.69) is 4.74 Å². The van der Waals surface area contributed by atoms with Crippen LogP contribution < -0.4 is 0 Å². The highest BCUT2D eigenvalue weighted by Crippen LogP contribution is 2.27. The molecule has 1 aliphatic heterocycles. The van der Waals surface area contributed by atoms with Gasteiger partial charge in [0.15, 0.2) is 0 Å². The zero-order chi connectivity index (χ0) is 12.5. The van der Waals surface area contributed by atoms with Crippen LogP contribution >= 0.6 is 0 Å². The topological polar surface area (TPSA) is 63.7 Å². The summed E-state index contributed by atoms with van der Waals surface area (Å²) in [6.07, 6.45) is -2.33. The number of hydrogen-bond acceptors (Lipinski definition) is 4. The first kappa shape index (κ1) is 12.6. The third kappa shape index (κ3) is 1.91. The smallest absolute Gasteiger partial charge is 0.362 e. The zero-order valence-electron chi connectivity index (χ0n) is 9.40. The number of carbonyl (C=O) groups excluding carboxylic acids is 3. The second-order valence-electron chi connectivity index (χ2n) is 3.71. The van der Waals surface area contributed by atoms with Gasteiger partial charge in [0.05, 0.1) is 6.61 Å². The van der Waals surface area contributed by atoms with Crippen LogP contribution in [0, 0.1) is 11.8 Å². The molecule has 90 valence electrons. The fourth-order valence-corrected chi connectivity index (χ4v) is 1.51. The Hall–Kier alpha value is -1.46. The Labute approximate surface area is 92.5 Å². The third-order valence-electron chi connectivity index (χ3n) is 2.71. The van der Waals surface area contributed by atoms with Gasteiger partial charge in [0.2, 0.25) is 11.8 Å². The minimum Gasteiger partial charge on any atom is -0.462 e. The van der Waals surface area contributed by atoms with Crippen molar-refractivity contribution in [2.24, 2.45) is 11.8 Å². The van der Waals surface area contributed by atoms with E-state index < -0.39 is 35.9 Å². The molecule has 0 aromatic carbocycles. The first-order valence-electron chi connectivity index (χ1n) is 5.09. The van der Waals surface area contributed by atoms with Gasteiger partial charge in [-0.05, 0) is 6.92 Å². The minimum atomic E-state index is -2.33. The molecule has 0 N–H and O–H groups in total. The van der Waals surface area contributed by atoms with Crippen molar-refractivity contribution in [2.45, 2.75) is 27.1 Å². The van der Waals surface area contributed by atoms with E-state index in [0.29, 0.717) is 4.90 Å². The number of alkyl halides is 1. The maximum Gasteiger partial charge on any atom is 0.362 e. The molecule has 1 rings (SSSR count). The number of amides is 2. The molecule has 0 spiro atoms. The Balaban J connectivity index is 2.84. The summed E-state index contributed by atoms with van der Waals surface area (Å²) in [5.74, 6) is -3.73. The average molecular weight is 231 g/mol. The van der Waals surface area contributed by atoms with E-state index in [9.17, 15) is 18.8 Å². The van der Waals surface area contributed by atoms with Crippen LogP contribution in [0.4, 0.5) is 4.39 Å². The molecule has 0 saturated carbocycles. The van der Waals surface area contributed by atoms with E-state index in [-0.39, 0.29) is 6.61 Å². The Kier molecular flexibility index (Phi) is 3.62. The predicted octanol–water partition coefficient (Wildman–Crippen LogP) is 0.486. The summed E-state index contributed by atoms with van der Waals surface area (Å²) in [6, 6.07) is 0. The molecular weight excluding hydrogens is 217 g/mol. The maximum atomic E-state index is 13.5. The molecule has 16 heavy (non-hydrogen) atoms. The lowest BCUT2D eigenvalue weighted by Crippen LogP contribution is -2.43. The quantitative estimate of drug-likeness (QED) is 0.403. The highest BCUT2D eigenvalue weighted by molar-refractivity contribution is 6.07. The molecule has 6 heteroatoms. The number of ether oxygens (including phenoxy) is 1. The van der Waals surface area contributed by atoms with E-state index in [1.807, 2.05) is 0 Å². The number of esters is 1. The van der Waals surface area contributed by atoms with E-state index in [1.165, 1.54) is 20.8 Å².